The van der Waals surface area contributed by atoms with Gasteiger partial charge in [0.2, 0.25) is 5.88 Å². The Balaban J connectivity index is 2.24. The number of halogens is 3. The van der Waals surface area contributed by atoms with E-state index >= 15 is 0 Å². The van der Waals surface area contributed by atoms with Crippen LogP contribution in [0.2, 0.25) is 0 Å². The lowest BCUT2D eigenvalue weighted by Gasteiger charge is -2.13. The molecule has 0 bridgehead atoms. The number of alkyl halides is 3. The number of aromatic nitrogens is 1. The molecule has 2 rings (SSSR count). The Morgan fingerprint density at radius 3 is 2.35 bits per heavy atom. The summed E-state index contributed by atoms with van der Waals surface area (Å²) in [4.78, 5) is 4.04. The minimum absolute atomic E-state index is 0.0773. The van der Waals surface area contributed by atoms with Crippen molar-refractivity contribution in [2.75, 3.05) is 0 Å². The maximum atomic E-state index is 12.3. The van der Waals surface area contributed by atoms with Crippen LogP contribution in [-0.4, -0.2) is 11.3 Å². The van der Waals surface area contributed by atoms with Gasteiger partial charge in [-0.2, -0.15) is 0 Å². The molecule has 0 aliphatic heterocycles. The van der Waals surface area contributed by atoms with E-state index in [4.69, 9.17) is 10.5 Å². The topological polar surface area (TPSA) is 57.4 Å². The zero-order chi connectivity index (χ0) is 14.6. The number of nitrogens with two attached hydrogens (primary N) is 1. The largest absolute Gasteiger partial charge is 0.573 e. The second-order valence-electron chi connectivity index (χ2n) is 3.77. The van der Waals surface area contributed by atoms with E-state index in [2.05, 4.69) is 9.72 Å². The van der Waals surface area contributed by atoms with Crippen LogP contribution >= 0.6 is 0 Å². The maximum Gasteiger partial charge on any atom is 0.573 e. The molecule has 106 valence electrons. The molecule has 2 N–H and O–H groups in total. The standard InChI is InChI=1S/C13H11F3N2O2/c14-13(15,16)20-11-6-2-1-5-10(11)19-12-7-3-4-9(8-17)18-12/h1-7H,8,17H2. The molecule has 0 unspecified atom stereocenters. The van der Waals surface area contributed by atoms with Crippen molar-refractivity contribution in [3.8, 4) is 17.4 Å². The molecule has 0 spiro atoms. The molecule has 1 aromatic heterocycles. The number of nitrogens with zero attached hydrogens (tertiary/aromatic N) is 1. The van der Waals surface area contributed by atoms with Crippen LogP contribution < -0.4 is 15.2 Å². The highest BCUT2D eigenvalue weighted by Crippen LogP contribution is 2.34. The predicted molar refractivity (Wildman–Crippen MR) is 65.3 cm³/mol. The van der Waals surface area contributed by atoms with E-state index in [9.17, 15) is 13.2 Å². The van der Waals surface area contributed by atoms with Crippen molar-refractivity contribution in [1.29, 1.82) is 0 Å². The van der Waals surface area contributed by atoms with E-state index in [1.54, 1.807) is 12.1 Å². The number of benzene rings is 1. The predicted octanol–water partition coefficient (Wildman–Crippen LogP) is 3.23. The zero-order valence-electron chi connectivity index (χ0n) is 10.2. The highest BCUT2D eigenvalue weighted by Gasteiger charge is 2.32. The molecule has 1 aromatic carbocycles. The summed E-state index contributed by atoms with van der Waals surface area (Å²) in [5.41, 5.74) is 6.00. The molecule has 20 heavy (non-hydrogen) atoms. The second-order valence-corrected chi connectivity index (χ2v) is 3.77. The van der Waals surface area contributed by atoms with Crippen molar-refractivity contribution < 1.29 is 22.6 Å². The monoisotopic (exact) mass is 284 g/mol. The van der Waals surface area contributed by atoms with Gasteiger partial charge in [-0.05, 0) is 18.2 Å². The van der Waals surface area contributed by atoms with Crippen LogP contribution in [-0.2, 0) is 6.54 Å². The number of ether oxygens (including phenoxy) is 2. The molecule has 0 saturated carbocycles. The number of pyridine rings is 1. The van der Waals surface area contributed by atoms with Gasteiger partial charge in [0.05, 0.1) is 5.69 Å². The molecule has 4 nitrogen and oxygen atoms in total. The van der Waals surface area contributed by atoms with Crippen molar-refractivity contribution >= 4 is 0 Å². The Morgan fingerprint density at radius 2 is 1.70 bits per heavy atom. The third kappa shape index (κ3) is 3.86. The third-order valence-corrected chi connectivity index (χ3v) is 2.28. The van der Waals surface area contributed by atoms with Crippen LogP contribution in [0.4, 0.5) is 13.2 Å². The molecule has 1 heterocycles. The smallest absolute Gasteiger partial charge is 0.435 e. The molecule has 0 saturated heterocycles. The summed E-state index contributed by atoms with van der Waals surface area (Å²) in [5, 5.41) is 0. The van der Waals surface area contributed by atoms with Gasteiger partial charge in [0, 0.05) is 12.6 Å². The first-order chi connectivity index (χ1) is 9.48. The summed E-state index contributed by atoms with van der Waals surface area (Å²) >= 11 is 0. The fraction of sp³-hybridized carbons (Fsp3) is 0.154. The van der Waals surface area contributed by atoms with Gasteiger partial charge in [-0.25, -0.2) is 4.98 Å². The number of hydrogen-bond acceptors (Lipinski definition) is 4. The zero-order valence-corrected chi connectivity index (χ0v) is 10.2. The van der Waals surface area contributed by atoms with E-state index in [-0.39, 0.29) is 18.2 Å². The molecule has 0 aliphatic rings. The summed E-state index contributed by atoms with van der Waals surface area (Å²) in [6.45, 7) is 0.206. The molecule has 0 amide bonds. The SMILES string of the molecule is NCc1cccc(Oc2ccccc2OC(F)(F)F)n1. The van der Waals surface area contributed by atoms with Gasteiger partial charge in [-0.15, -0.1) is 13.2 Å². The van der Waals surface area contributed by atoms with Crippen molar-refractivity contribution in [3.05, 3.63) is 48.2 Å². The first-order valence-corrected chi connectivity index (χ1v) is 5.66. The van der Waals surface area contributed by atoms with Gasteiger partial charge in [0.15, 0.2) is 11.5 Å². The molecule has 0 aliphatic carbocycles. The Bertz CT molecular complexity index is 588. The van der Waals surface area contributed by atoms with E-state index in [1.165, 1.54) is 24.3 Å². The van der Waals surface area contributed by atoms with E-state index < -0.39 is 12.1 Å². The van der Waals surface area contributed by atoms with Gasteiger partial charge in [0.1, 0.15) is 0 Å². The lowest BCUT2D eigenvalue weighted by atomic mass is 10.3. The van der Waals surface area contributed by atoms with Gasteiger partial charge in [-0.1, -0.05) is 18.2 Å². The Hall–Kier alpha value is -2.28. The van der Waals surface area contributed by atoms with Gasteiger partial charge in [-0.3, -0.25) is 0 Å². The number of hydrogen-bond donors (Lipinski definition) is 1. The van der Waals surface area contributed by atoms with Crippen molar-refractivity contribution in [2.45, 2.75) is 12.9 Å². The quantitative estimate of drug-likeness (QED) is 0.936. The Labute approximate surface area is 113 Å². The lowest BCUT2D eigenvalue weighted by Crippen LogP contribution is -2.17. The molecule has 0 fully saturated rings. The average molecular weight is 284 g/mol. The number of para-hydroxylation sites is 2. The van der Waals surface area contributed by atoms with Gasteiger partial charge in [0.25, 0.3) is 0 Å². The van der Waals surface area contributed by atoms with Crippen LogP contribution in [0.1, 0.15) is 5.69 Å². The van der Waals surface area contributed by atoms with Crippen molar-refractivity contribution in [2.24, 2.45) is 5.73 Å². The number of rotatable bonds is 4. The molecule has 7 heteroatoms. The minimum atomic E-state index is -4.79. The van der Waals surface area contributed by atoms with E-state index in [1.807, 2.05) is 0 Å². The highest BCUT2D eigenvalue weighted by molar-refractivity contribution is 5.41. The molecular formula is C13H11F3N2O2. The Morgan fingerprint density at radius 1 is 1.00 bits per heavy atom. The van der Waals surface area contributed by atoms with Crippen molar-refractivity contribution in [1.82, 2.24) is 4.98 Å². The van der Waals surface area contributed by atoms with Crippen LogP contribution in [0.15, 0.2) is 42.5 Å². The Kier molecular flexibility index (Phi) is 4.09. The maximum absolute atomic E-state index is 12.3. The van der Waals surface area contributed by atoms with Crippen LogP contribution in [0.25, 0.3) is 0 Å². The highest BCUT2D eigenvalue weighted by atomic mass is 19.4. The summed E-state index contributed by atoms with van der Waals surface area (Å²) in [6, 6.07) is 10.3. The third-order valence-electron chi connectivity index (χ3n) is 2.28. The first-order valence-electron chi connectivity index (χ1n) is 5.66. The van der Waals surface area contributed by atoms with E-state index in [0.717, 1.165) is 6.07 Å². The van der Waals surface area contributed by atoms with Crippen molar-refractivity contribution in [3.63, 3.8) is 0 Å². The molecule has 2 aromatic rings. The first kappa shape index (κ1) is 14.1. The van der Waals surface area contributed by atoms with Gasteiger partial charge < -0.3 is 15.2 Å². The fourth-order valence-electron chi connectivity index (χ4n) is 1.48. The van der Waals surface area contributed by atoms with E-state index in [0.29, 0.717) is 5.69 Å². The summed E-state index contributed by atoms with van der Waals surface area (Å²) in [6.07, 6.45) is -4.79. The summed E-state index contributed by atoms with van der Waals surface area (Å²) in [7, 11) is 0. The molecule has 0 atom stereocenters. The molecular weight excluding hydrogens is 273 g/mol. The van der Waals surface area contributed by atoms with Crippen LogP contribution in [0.5, 0.6) is 17.4 Å². The lowest BCUT2D eigenvalue weighted by molar-refractivity contribution is -0.275. The van der Waals surface area contributed by atoms with Crippen LogP contribution in [0, 0.1) is 0 Å². The summed E-state index contributed by atoms with van der Waals surface area (Å²) < 4.78 is 46.0. The van der Waals surface area contributed by atoms with Crippen LogP contribution in [0.3, 0.4) is 0 Å². The van der Waals surface area contributed by atoms with Gasteiger partial charge >= 0.3 is 6.36 Å². The minimum Gasteiger partial charge on any atom is -0.435 e. The molecule has 0 radical (unpaired) electrons. The average Bonchev–Trinajstić information content (AvgIpc) is 2.40. The second kappa shape index (κ2) is 5.79. The normalized spacial score (nSPS) is 11.2. The summed E-state index contributed by atoms with van der Waals surface area (Å²) in [5.74, 6) is -0.363. The fourth-order valence-corrected chi connectivity index (χ4v) is 1.48.